The fourth-order valence-corrected chi connectivity index (χ4v) is 5.89. The zero-order chi connectivity index (χ0) is 44.4. The number of carboxylic acids is 2. The molecule has 0 saturated heterocycles. The maximum atomic E-state index is 13.6. The van der Waals surface area contributed by atoms with E-state index < -0.39 is 120 Å². The molecule has 7 amide bonds. The van der Waals surface area contributed by atoms with Crippen LogP contribution in [0.2, 0.25) is 0 Å². The van der Waals surface area contributed by atoms with Crippen molar-refractivity contribution in [1.29, 1.82) is 0 Å². The van der Waals surface area contributed by atoms with Gasteiger partial charge in [0.25, 0.3) is 0 Å². The highest BCUT2D eigenvalue weighted by molar-refractivity contribution is 7.98. The molecule has 0 heterocycles. The molecule has 0 aromatic carbocycles. The number of carbonyl (C=O) groups is 9. The quantitative estimate of drug-likeness (QED) is 0.0563. The Hall–Kier alpha value is -4.46. The standard InChI is InChI=1S/C37H65N7O12S/c1-18(2)16-25(43-33(52)24(14-15-57-11)42-34(53)29(19(3)4)40-22(7)45)26(46)17-27(47)44-30(37(8,9)10)35(54)38-20(5)31(50)41-23(12-13-28(48)49)32(51)39-21(6)36(55)56/h18-21,23-26,29-30,46H,12-17H2,1-11H3,(H,38,54)(H,39,51)(H,40,45)(H,41,50)(H,42,53)(H,43,52)(H,44,47)(H,48,49)(H,55,56)/t20-,21-,23-,24-,25?,26?,29-,30+/m0/s1. The van der Waals surface area contributed by atoms with Crippen LogP contribution in [0.1, 0.15) is 101 Å². The summed E-state index contributed by atoms with van der Waals surface area (Å²) >= 11 is 1.46. The van der Waals surface area contributed by atoms with Crippen LogP contribution in [0, 0.1) is 17.3 Å². The lowest BCUT2D eigenvalue weighted by atomic mass is 9.85. The van der Waals surface area contributed by atoms with Crippen molar-refractivity contribution < 1.29 is 58.5 Å². The molecule has 0 bridgehead atoms. The molecule has 20 heteroatoms. The number of carbonyl (C=O) groups excluding carboxylic acids is 7. The molecule has 326 valence electrons. The van der Waals surface area contributed by atoms with Crippen molar-refractivity contribution in [1.82, 2.24) is 37.2 Å². The molecule has 0 saturated carbocycles. The second-order valence-corrected chi connectivity index (χ2v) is 16.9. The Balaban J connectivity index is 5.96. The van der Waals surface area contributed by atoms with Gasteiger partial charge in [-0.15, -0.1) is 0 Å². The average molecular weight is 832 g/mol. The number of nitrogens with one attached hydrogen (secondary N) is 7. The zero-order valence-electron chi connectivity index (χ0n) is 34.9. The predicted octanol–water partition coefficient (Wildman–Crippen LogP) is -0.359. The molecule has 0 spiro atoms. The molecule has 10 N–H and O–H groups in total. The van der Waals surface area contributed by atoms with Gasteiger partial charge in [-0.05, 0) is 62.4 Å². The maximum absolute atomic E-state index is 13.6. The summed E-state index contributed by atoms with van der Waals surface area (Å²) in [6, 6.07) is -8.17. The number of aliphatic carboxylic acids is 2. The molecule has 0 aromatic heterocycles. The zero-order valence-corrected chi connectivity index (χ0v) is 35.8. The third-order valence-corrected chi connectivity index (χ3v) is 9.30. The van der Waals surface area contributed by atoms with Crippen molar-refractivity contribution in [3.8, 4) is 0 Å². The van der Waals surface area contributed by atoms with Crippen LogP contribution < -0.4 is 37.2 Å². The topological polar surface area (TPSA) is 299 Å². The van der Waals surface area contributed by atoms with Gasteiger partial charge < -0.3 is 52.5 Å². The van der Waals surface area contributed by atoms with Crippen LogP contribution in [0.5, 0.6) is 0 Å². The Bertz CT molecular complexity index is 1420. The minimum absolute atomic E-state index is 0.0477. The maximum Gasteiger partial charge on any atom is 0.325 e. The first-order valence-electron chi connectivity index (χ1n) is 18.9. The molecule has 0 rings (SSSR count). The van der Waals surface area contributed by atoms with Gasteiger partial charge in [-0.1, -0.05) is 48.5 Å². The molecule has 8 atom stereocenters. The van der Waals surface area contributed by atoms with E-state index >= 15 is 0 Å². The van der Waals surface area contributed by atoms with E-state index in [0.29, 0.717) is 5.75 Å². The molecule has 0 aromatic rings. The smallest absolute Gasteiger partial charge is 0.325 e. The first kappa shape index (κ1) is 52.5. The van der Waals surface area contributed by atoms with Gasteiger partial charge in [-0.3, -0.25) is 43.2 Å². The van der Waals surface area contributed by atoms with Crippen LogP contribution in [0.25, 0.3) is 0 Å². The van der Waals surface area contributed by atoms with E-state index in [1.165, 1.54) is 32.5 Å². The van der Waals surface area contributed by atoms with Gasteiger partial charge in [0.15, 0.2) is 0 Å². The predicted molar refractivity (Wildman–Crippen MR) is 212 cm³/mol. The Labute approximate surface area is 339 Å². The van der Waals surface area contributed by atoms with Crippen molar-refractivity contribution in [2.75, 3.05) is 12.0 Å². The van der Waals surface area contributed by atoms with Gasteiger partial charge >= 0.3 is 11.9 Å². The van der Waals surface area contributed by atoms with E-state index in [1.807, 2.05) is 20.1 Å². The van der Waals surface area contributed by atoms with E-state index in [-0.39, 0.29) is 31.1 Å². The molecule has 0 aliphatic heterocycles. The Morgan fingerprint density at radius 2 is 1.18 bits per heavy atom. The van der Waals surface area contributed by atoms with Crippen LogP contribution in [0.4, 0.5) is 0 Å². The lowest BCUT2D eigenvalue weighted by Crippen LogP contribution is -2.59. The van der Waals surface area contributed by atoms with Crippen molar-refractivity contribution in [3.05, 3.63) is 0 Å². The highest BCUT2D eigenvalue weighted by Crippen LogP contribution is 2.21. The largest absolute Gasteiger partial charge is 0.481 e. The number of thioether (sulfide) groups is 1. The summed E-state index contributed by atoms with van der Waals surface area (Å²) in [6.45, 7) is 15.9. The molecule has 0 aliphatic carbocycles. The van der Waals surface area contributed by atoms with Crippen LogP contribution in [-0.2, 0) is 43.2 Å². The summed E-state index contributed by atoms with van der Waals surface area (Å²) in [7, 11) is 0. The Morgan fingerprint density at radius 1 is 0.649 bits per heavy atom. The highest BCUT2D eigenvalue weighted by Gasteiger charge is 2.37. The summed E-state index contributed by atoms with van der Waals surface area (Å²) < 4.78 is 0. The fourth-order valence-electron chi connectivity index (χ4n) is 5.42. The van der Waals surface area contributed by atoms with Crippen molar-refractivity contribution in [2.24, 2.45) is 17.3 Å². The molecule has 0 fully saturated rings. The lowest BCUT2D eigenvalue weighted by molar-refractivity contribution is -0.142. The van der Waals surface area contributed by atoms with Gasteiger partial charge in [-0.25, -0.2) is 0 Å². The monoisotopic (exact) mass is 831 g/mol. The van der Waals surface area contributed by atoms with E-state index in [1.54, 1.807) is 34.6 Å². The Kier molecular flexibility index (Phi) is 23.1. The number of aliphatic hydroxyl groups is 1. The first-order chi connectivity index (χ1) is 26.2. The number of hydrogen-bond acceptors (Lipinski definition) is 11. The summed E-state index contributed by atoms with van der Waals surface area (Å²) in [5.74, 6) is -7.35. The summed E-state index contributed by atoms with van der Waals surface area (Å²) in [4.78, 5) is 113. The number of hydrogen-bond donors (Lipinski definition) is 10. The SMILES string of the molecule is CSCC[C@H](NC(=O)[C@@H](NC(C)=O)C(C)C)C(=O)NC(CC(C)C)C(O)CC(=O)N[C@H](C(=O)N[C@@H](C)C(=O)N[C@@H](CCC(=O)O)C(=O)N[C@@H](C)C(=O)O)C(C)(C)C. The van der Waals surface area contributed by atoms with E-state index in [0.717, 1.165) is 0 Å². The third kappa shape index (κ3) is 20.5. The highest BCUT2D eigenvalue weighted by atomic mass is 32.2. The Morgan fingerprint density at radius 3 is 1.65 bits per heavy atom. The van der Waals surface area contributed by atoms with Crippen LogP contribution >= 0.6 is 11.8 Å². The van der Waals surface area contributed by atoms with E-state index in [4.69, 9.17) is 10.2 Å². The van der Waals surface area contributed by atoms with Gasteiger partial charge in [-0.2, -0.15) is 11.8 Å². The van der Waals surface area contributed by atoms with Crippen molar-refractivity contribution in [2.45, 2.75) is 150 Å². The number of amides is 7. The van der Waals surface area contributed by atoms with Gasteiger partial charge in [0, 0.05) is 13.3 Å². The minimum atomic E-state index is -1.44. The van der Waals surface area contributed by atoms with Crippen molar-refractivity contribution in [3.63, 3.8) is 0 Å². The average Bonchev–Trinajstić information content (AvgIpc) is 3.07. The second-order valence-electron chi connectivity index (χ2n) is 15.9. The summed E-state index contributed by atoms with van der Waals surface area (Å²) in [5, 5.41) is 47.2. The fraction of sp³-hybridized carbons (Fsp3) is 0.757. The molecule has 57 heavy (non-hydrogen) atoms. The molecule has 2 unspecified atom stereocenters. The first-order valence-corrected chi connectivity index (χ1v) is 20.3. The molecular weight excluding hydrogens is 767 g/mol. The molecular formula is C37H65N7O12S. The van der Waals surface area contributed by atoms with E-state index in [9.17, 15) is 48.3 Å². The van der Waals surface area contributed by atoms with Gasteiger partial charge in [0.2, 0.25) is 41.4 Å². The number of rotatable bonds is 25. The second kappa shape index (κ2) is 25.0. The van der Waals surface area contributed by atoms with E-state index in [2.05, 4.69) is 37.2 Å². The molecule has 0 aliphatic rings. The number of aliphatic hydroxyl groups excluding tert-OH is 1. The van der Waals surface area contributed by atoms with Gasteiger partial charge in [0.05, 0.1) is 18.6 Å². The van der Waals surface area contributed by atoms with Crippen LogP contribution in [-0.4, -0.2) is 129 Å². The molecule has 19 nitrogen and oxygen atoms in total. The summed E-state index contributed by atoms with van der Waals surface area (Å²) in [5.41, 5.74) is -0.933. The molecule has 0 radical (unpaired) electrons. The van der Waals surface area contributed by atoms with Crippen LogP contribution in [0.3, 0.4) is 0 Å². The third-order valence-electron chi connectivity index (χ3n) is 8.66. The van der Waals surface area contributed by atoms with Crippen LogP contribution in [0.15, 0.2) is 0 Å². The van der Waals surface area contributed by atoms with Crippen molar-refractivity contribution >= 4 is 65.1 Å². The van der Waals surface area contributed by atoms with Gasteiger partial charge in [0.1, 0.15) is 36.3 Å². The number of carboxylic acid groups (broad SMARTS) is 2. The minimum Gasteiger partial charge on any atom is -0.481 e. The summed E-state index contributed by atoms with van der Waals surface area (Å²) in [6.07, 6.45) is -0.534. The normalized spacial score (nSPS) is 15.7. The lowest BCUT2D eigenvalue weighted by Gasteiger charge is -2.32.